The maximum Gasteiger partial charge on any atom is 0.305 e. The highest BCUT2D eigenvalue weighted by Gasteiger charge is 2.07. The molecule has 0 aliphatic heterocycles. The zero-order valence-corrected chi connectivity index (χ0v) is 9.04. The second-order valence-electron chi connectivity index (χ2n) is 3.12. The highest BCUT2D eigenvalue weighted by molar-refractivity contribution is 5.69. The maximum atomic E-state index is 10.9. The topological polar surface area (TPSA) is 52.6 Å². The molecule has 1 atom stereocenters. The molecular formula is C10H18O4. The molecule has 0 saturated carbocycles. The van der Waals surface area contributed by atoms with Gasteiger partial charge in [-0.3, -0.25) is 9.59 Å². The monoisotopic (exact) mass is 202 g/mol. The Bertz CT molecular complexity index is 189. The summed E-state index contributed by atoms with van der Waals surface area (Å²) < 4.78 is 9.66. The molecule has 0 aromatic heterocycles. The Morgan fingerprint density at radius 1 is 1.36 bits per heavy atom. The molecule has 4 heteroatoms. The van der Waals surface area contributed by atoms with Gasteiger partial charge in [0.25, 0.3) is 0 Å². The van der Waals surface area contributed by atoms with Crippen LogP contribution in [0.4, 0.5) is 0 Å². The minimum absolute atomic E-state index is 0.123. The second kappa shape index (κ2) is 7.35. The summed E-state index contributed by atoms with van der Waals surface area (Å²) in [5.74, 6) is -0.476. The summed E-state index contributed by atoms with van der Waals surface area (Å²) in [4.78, 5) is 21.5. The molecule has 0 unspecified atom stereocenters. The number of hydrogen-bond donors (Lipinski definition) is 0. The smallest absolute Gasteiger partial charge is 0.305 e. The first-order valence-corrected chi connectivity index (χ1v) is 4.89. The number of hydrogen-bond acceptors (Lipinski definition) is 4. The predicted molar refractivity (Wildman–Crippen MR) is 51.7 cm³/mol. The summed E-state index contributed by atoms with van der Waals surface area (Å²) in [5, 5.41) is 0. The molecule has 0 rings (SSSR count). The Morgan fingerprint density at radius 2 is 2.00 bits per heavy atom. The molecule has 0 spiro atoms. The average molecular weight is 202 g/mol. The minimum atomic E-state index is -0.284. The Balaban J connectivity index is 3.43. The summed E-state index contributed by atoms with van der Waals surface area (Å²) in [7, 11) is 0. The van der Waals surface area contributed by atoms with Crippen LogP contribution in [0.5, 0.6) is 0 Å². The fourth-order valence-corrected chi connectivity index (χ4v) is 1.11. The molecule has 0 amide bonds. The summed E-state index contributed by atoms with van der Waals surface area (Å²) >= 11 is 0. The van der Waals surface area contributed by atoms with E-state index >= 15 is 0 Å². The van der Waals surface area contributed by atoms with E-state index in [2.05, 4.69) is 0 Å². The Hall–Kier alpha value is -1.06. The van der Waals surface area contributed by atoms with Gasteiger partial charge in [-0.2, -0.15) is 0 Å². The van der Waals surface area contributed by atoms with E-state index in [1.54, 1.807) is 6.92 Å². The summed E-state index contributed by atoms with van der Waals surface area (Å²) in [5.41, 5.74) is 0. The fraction of sp³-hybridized carbons (Fsp3) is 0.800. The lowest BCUT2D eigenvalue weighted by atomic mass is 10.2. The standard InChI is InChI=1S/C10H18O4/c1-4-13-10(12)7-5-6-8(2)14-9(3)11/h8H,4-7H2,1-3H3/t8-/m1/s1. The van der Waals surface area contributed by atoms with E-state index in [0.29, 0.717) is 25.9 Å². The maximum absolute atomic E-state index is 10.9. The van der Waals surface area contributed by atoms with Gasteiger partial charge in [-0.15, -0.1) is 0 Å². The van der Waals surface area contributed by atoms with Crippen molar-refractivity contribution in [1.82, 2.24) is 0 Å². The zero-order chi connectivity index (χ0) is 11.0. The summed E-state index contributed by atoms with van der Waals surface area (Å²) in [6.45, 7) is 5.38. The molecule has 0 aromatic rings. The normalized spacial score (nSPS) is 11.9. The molecule has 82 valence electrons. The Kier molecular flexibility index (Phi) is 6.80. The van der Waals surface area contributed by atoms with Gasteiger partial charge in [-0.05, 0) is 26.7 Å². The molecule has 0 N–H and O–H groups in total. The van der Waals surface area contributed by atoms with E-state index in [-0.39, 0.29) is 18.0 Å². The number of carbonyl (C=O) groups is 2. The van der Waals surface area contributed by atoms with Crippen molar-refractivity contribution in [3.05, 3.63) is 0 Å². The van der Waals surface area contributed by atoms with Crippen LogP contribution in [-0.4, -0.2) is 24.6 Å². The Labute approximate surface area is 84.6 Å². The molecule has 0 bridgehead atoms. The van der Waals surface area contributed by atoms with E-state index in [1.165, 1.54) is 6.92 Å². The van der Waals surface area contributed by atoms with Crippen molar-refractivity contribution < 1.29 is 19.1 Å². The van der Waals surface area contributed by atoms with Crippen LogP contribution >= 0.6 is 0 Å². The van der Waals surface area contributed by atoms with E-state index in [4.69, 9.17) is 9.47 Å². The molecule has 0 aliphatic carbocycles. The second-order valence-corrected chi connectivity index (χ2v) is 3.12. The van der Waals surface area contributed by atoms with Gasteiger partial charge in [-0.25, -0.2) is 0 Å². The third-order valence-corrected chi connectivity index (χ3v) is 1.66. The van der Waals surface area contributed by atoms with Crippen LogP contribution in [0.1, 0.15) is 40.0 Å². The number of carbonyl (C=O) groups excluding carboxylic acids is 2. The van der Waals surface area contributed by atoms with Crippen molar-refractivity contribution in [3.8, 4) is 0 Å². The van der Waals surface area contributed by atoms with Crippen LogP contribution in [0.25, 0.3) is 0 Å². The van der Waals surface area contributed by atoms with Crippen LogP contribution in [0.2, 0.25) is 0 Å². The number of esters is 2. The Morgan fingerprint density at radius 3 is 2.50 bits per heavy atom. The lowest BCUT2D eigenvalue weighted by Gasteiger charge is -2.10. The van der Waals surface area contributed by atoms with Crippen molar-refractivity contribution in [2.75, 3.05) is 6.61 Å². The molecule has 0 aliphatic rings. The van der Waals surface area contributed by atoms with Crippen LogP contribution in [0, 0.1) is 0 Å². The quantitative estimate of drug-likeness (QED) is 0.615. The first kappa shape index (κ1) is 12.9. The average Bonchev–Trinajstić information content (AvgIpc) is 2.02. The molecule has 0 saturated heterocycles. The number of ether oxygens (including phenoxy) is 2. The van der Waals surface area contributed by atoms with Gasteiger partial charge >= 0.3 is 11.9 Å². The molecule has 0 heterocycles. The van der Waals surface area contributed by atoms with Gasteiger partial charge in [0.15, 0.2) is 0 Å². The van der Waals surface area contributed by atoms with Crippen molar-refractivity contribution >= 4 is 11.9 Å². The molecule has 0 fully saturated rings. The van der Waals surface area contributed by atoms with Crippen molar-refractivity contribution in [3.63, 3.8) is 0 Å². The fourth-order valence-electron chi connectivity index (χ4n) is 1.11. The first-order chi connectivity index (χ1) is 6.56. The van der Waals surface area contributed by atoms with Gasteiger partial charge in [0, 0.05) is 13.3 Å². The van der Waals surface area contributed by atoms with Gasteiger partial charge in [0.1, 0.15) is 0 Å². The molecule has 4 nitrogen and oxygen atoms in total. The largest absolute Gasteiger partial charge is 0.466 e. The minimum Gasteiger partial charge on any atom is -0.466 e. The lowest BCUT2D eigenvalue weighted by Crippen LogP contribution is -2.13. The molecule has 0 aromatic carbocycles. The van der Waals surface area contributed by atoms with Gasteiger partial charge in [0.05, 0.1) is 12.7 Å². The van der Waals surface area contributed by atoms with E-state index < -0.39 is 0 Å². The highest BCUT2D eigenvalue weighted by atomic mass is 16.5. The van der Waals surface area contributed by atoms with Crippen LogP contribution in [0.3, 0.4) is 0 Å². The number of rotatable bonds is 6. The molecule has 0 radical (unpaired) electrons. The van der Waals surface area contributed by atoms with E-state index in [1.807, 2.05) is 6.92 Å². The van der Waals surface area contributed by atoms with E-state index in [0.717, 1.165) is 0 Å². The van der Waals surface area contributed by atoms with Crippen LogP contribution in [-0.2, 0) is 19.1 Å². The predicted octanol–water partition coefficient (Wildman–Crippen LogP) is 1.67. The van der Waals surface area contributed by atoms with E-state index in [9.17, 15) is 9.59 Å². The third kappa shape index (κ3) is 7.58. The van der Waals surface area contributed by atoms with Gasteiger partial charge < -0.3 is 9.47 Å². The highest BCUT2D eigenvalue weighted by Crippen LogP contribution is 2.05. The molecule has 14 heavy (non-hydrogen) atoms. The first-order valence-electron chi connectivity index (χ1n) is 4.89. The SMILES string of the molecule is CCOC(=O)CCC[C@@H](C)OC(C)=O. The molecular weight excluding hydrogens is 184 g/mol. The van der Waals surface area contributed by atoms with Crippen molar-refractivity contribution in [2.24, 2.45) is 0 Å². The third-order valence-electron chi connectivity index (χ3n) is 1.66. The van der Waals surface area contributed by atoms with Crippen LogP contribution in [0.15, 0.2) is 0 Å². The summed E-state index contributed by atoms with van der Waals surface area (Å²) in [6, 6.07) is 0. The van der Waals surface area contributed by atoms with Crippen LogP contribution < -0.4 is 0 Å². The lowest BCUT2D eigenvalue weighted by molar-refractivity contribution is -0.145. The summed E-state index contributed by atoms with van der Waals surface area (Å²) in [6.07, 6.45) is 1.65. The van der Waals surface area contributed by atoms with Crippen molar-refractivity contribution in [2.45, 2.75) is 46.1 Å². The van der Waals surface area contributed by atoms with Gasteiger partial charge in [-0.1, -0.05) is 0 Å². The van der Waals surface area contributed by atoms with Crippen molar-refractivity contribution in [1.29, 1.82) is 0 Å². The zero-order valence-electron chi connectivity index (χ0n) is 9.04. The van der Waals surface area contributed by atoms with Gasteiger partial charge in [0.2, 0.25) is 0 Å².